The topological polar surface area (TPSA) is 55.6 Å². The molecule has 2 aliphatic rings. The maximum absolute atomic E-state index is 11.7. The number of carbonyl (C=O) groups excluding carboxylic acids is 1. The van der Waals surface area contributed by atoms with Gasteiger partial charge in [-0.15, -0.1) is 0 Å². The number of imidazole rings is 1. The van der Waals surface area contributed by atoms with Gasteiger partial charge in [0.15, 0.2) is 0 Å². The highest BCUT2D eigenvalue weighted by atomic mass is 16.5. The van der Waals surface area contributed by atoms with E-state index in [1.54, 1.807) is 6.92 Å². The van der Waals surface area contributed by atoms with E-state index in [0.717, 1.165) is 29.9 Å². The molecule has 1 N–H and O–H groups in total. The number of nitrogens with one attached hydrogen (secondary N) is 1. The Balaban J connectivity index is 1.63. The molecular formula is C21H29N3O2. The van der Waals surface area contributed by atoms with Crippen LogP contribution in [0.5, 0.6) is 0 Å². The van der Waals surface area contributed by atoms with E-state index < -0.39 is 0 Å². The summed E-state index contributed by atoms with van der Waals surface area (Å²) in [5.74, 6) is 1.64. The van der Waals surface area contributed by atoms with E-state index in [1.165, 1.54) is 32.1 Å². The summed E-state index contributed by atoms with van der Waals surface area (Å²) >= 11 is 0. The molecule has 2 aromatic rings. The zero-order valence-corrected chi connectivity index (χ0v) is 15.8. The Hall–Kier alpha value is -1.88. The van der Waals surface area contributed by atoms with Gasteiger partial charge < -0.3 is 14.5 Å². The van der Waals surface area contributed by atoms with Crippen LogP contribution in [0.4, 0.5) is 0 Å². The zero-order chi connectivity index (χ0) is 18.1. The second kappa shape index (κ2) is 7.39. The van der Waals surface area contributed by atoms with Crippen LogP contribution in [0.2, 0.25) is 0 Å². The van der Waals surface area contributed by atoms with Crippen molar-refractivity contribution in [1.82, 2.24) is 14.7 Å². The number of nitrogens with zero attached hydrogens (tertiary/aromatic N) is 2. The SMILES string of the molecule is CC(=O)N[C@H]1C[C@@H](c2nc(C)n3ccccc23)O[C@@H](C2CCCCC2)C1. The molecule has 5 heteroatoms. The molecule has 1 aliphatic heterocycles. The van der Waals surface area contributed by atoms with Crippen molar-refractivity contribution < 1.29 is 9.53 Å². The fourth-order valence-corrected chi connectivity index (χ4v) is 4.80. The standard InChI is InChI=1S/C21H29N3O2/c1-14-22-21(18-10-6-7-11-24(14)18)20-13-17(23-15(2)25)12-19(26-20)16-8-4-3-5-9-16/h6-7,10-11,16-17,19-20H,3-5,8-9,12-13H2,1-2H3,(H,23,25)/t17-,19-,20+/m1/s1. The van der Waals surface area contributed by atoms with Crippen molar-refractivity contribution in [2.75, 3.05) is 0 Å². The van der Waals surface area contributed by atoms with Crippen LogP contribution in [0.25, 0.3) is 5.52 Å². The highest BCUT2D eigenvalue weighted by Gasteiger charge is 2.37. The summed E-state index contributed by atoms with van der Waals surface area (Å²) in [6, 6.07) is 6.35. The van der Waals surface area contributed by atoms with Gasteiger partial charge in [-0.05, 0) is 50.7 Å². The van der Waals surface area contributed by atoms with Gasteiger partial charge in [0.25, 0.3) is 0 Å². The van der Waals surface area contributed by atoms with Crippen LogP contribution in [-0.2, 0) is 9.53 Å². The Morgan fingerprint density at radius 3 is 2.81 bits per heavy atom. The van der Waals surface area contributed by atoms with Crippen LogP contribution in [0.15, 0.2) is 24.4 Å². The second-order valence-corrected chi connectivity index (χ2v) is 7.93. The van der Waals surface area contributed by atoms with E-state index in [4.69, 9.17) is 9.72 Å². The van der Waals surface area contributed by atoms with Gasteiger partial charge in [0.1, 0.15) is 11.9 Å². The zero-order valence-electron chi connectivity index (χ0n) is 15.8. The molecule has 0 radical (unpaired) electrons. The van der Waals surface area contributed by atoms with Crippen molar-refractivity contribution in [3.8, 4) is 0 Å². The van der Waals surface area contributed by atoms with Crippen LogP contribution in [0.3, 0.4) is 0 Å². The van der Waals surface area contributed by atoms with Crippen molar-refractivity contribution in [2.45, 2.75) is 77.0 Å². The Kier molecular flexibility index (Phi) is 4.98. The lowest BCUT2D eigenvalue weighted by Gasteiger charge is -2.40. The number of carbonyl (C=O) groups is 1. The van der Waals surface area contributed by atoms with E-state index >= 15 is 0 Å². The molecule has 3 atom stereocenters. The summed E-state index contributed by atoms with van der Waals surface area (Å²) in [5, 5.41) is 3.15. The summed E-state index contributed by atoms with van der Waals surface area (Å²) < 4.78 is 8.74. The molecule has 0 aromatic carbocycles. The highest BCUT2D eigenvalue weighted by Crippen LogP contribution is 2.39. The fraction of sp³-hybridized carbons (Fsp3) is 0.619. The Labute approximate surface area is 155 Å². The van der Waals surface area contributed by atoms with Crippen molar-refractivity contribution in [3.05, 3.63) is 35.9 Å². The van der Waals surface area contributed by atoms with Gasteiger partial charge >= 0.3 is 0 Å². The molecule has 140 valence electrons. The number of ether oxygens (including phenoxy) is 1. The lowest BCUT2D eigenvalue weighted by molar-refractivity contribution is -0.124. The maximum atomic E-state index is 11.7. The lowest BCUT2D eigenvalue weighted by atomic mass is 9.81. The Bertz CT molecular complexity index is 779. The monoisotopic (exact) mass is 355 g/mol. The van der Waals surface area contributed by atoms with Gasteiger partial charge in [-0.1, -0.05) is 25.3 Å². The first-order chi connectivity index (χ1) is 12.6. The first-order valence-corrected chi connectivity index (χ1v) is 9.98. The fourth-order valence-electron chi connectivity index (χ4n) is 4.80. The number of aromatic nitrogens is 2. The van der Waals surface area contributed by atoms with Crippen molar-refractivity contribution >= 4 is 11.4 Å². The third-order valence-corrected chi connectivity index (χ3v) is 6.00. The van der Waals surface area contributed by atoms with Crippen LogP contribution in [-0.4, -0.2) is 27.4 Å². The minimum absolute atomic E-state index is 0.0453. The molecule has 26 heavy (non-hydrogen) atoms. The molecule has 3 heterocycles. The smallest absolute Gasteiger partial charge is 0.217 e. The number of amides is 1. The van der Waals surface area contributed by atoms with E-state index in [0.29, 0.717) is 5.92 Å². The minimum atomic E-state index is -0.0568. The van der Waals surface area contributed by atoms with Crippen molar-refractivity contribution in [1.29, 1.82) is 0 Å². The lowest BCUT2D eigenvalue weighted by Crippen LogP contribution is -2.45. The van der Waals surface area contributed by atoms with Crippen LogP contribution in [0.1, 0.15) is 69.5 Å². The summed E-state index contributed by atoms with van der Waals surface area (Å²) in [6.45, 7) is 3.64. The quantitative estimate of drug-likeness (QED) is 0.907. The van der Waals surface area contributed by atoms with Crippen LogP contribution < -0.4 is 5.32 Å². The average Bonchev–Trinajstić information content (AvgIpc) is 2.99. The molecule has 2 aromatic heterocycles. The third kappa shape index (κ3) is 3.50. The molecule has 1 amide bonds. The first-order valence-electron chi connectivity index (χ1n) is 9.98. The van der Waals surface area contributed by atoms with E-state index in [2.05, 4.69) is 15.8 Å². The number of hydrogen-bond acceptors (Lipinski definition) is 3. The van der Waals surface area contributed by atoms with Crippen LogP contribution in [0, 0.1) is 12.8 Å². The van der Waals surface area contributed by atoms with Gasteiger partial charge in [0.05, 0.1) is 17.3 Å². The van der Waals surface area contributed by atoms with Crippen molar-refractivity contribution in [3.63, 3.8) is 0 Å². The van der Waals surface area contributed by atoms with Crippen molar-refractivity contribution in [2.24, 2.45) is 5.92 Å². The maximum Gasteiger partial charge on any atom is 0.217 e. The summed E-state index contributed by atoms with van der Waals surface area (Å²) in [5.41, 5.74) is 2.12. The number of rotatable bonds is 3. The molecule has 1 aliphatic carbocycles. The van der Waals surface area contributed by atoms with Gasteiger partial charge in [-0.3, -0.25) is 4.79 Å². The predicted octanol–water partition coefficient (Wildman–Crippen LogP) is 3.95. The van der Waals surface area contributed by atoms with E-state index in [1.807, 2.05) is 25.3 Å². The summed E-state index contributed by atoms with van der Waals surface area (Å²) in [4.78, 5) is 16.5. The Morgan fingerprint density at radius 1 is 1.23 bits per heavy atom. The minimum Gasteiger partial charge on any atom is -0.368 e. The number of aryl methyl sites for hydroxylation is 1. The van der Waals surface area contributed by atoms with Crippen LogP contribution >= 0.6 is 0 Å². The van der Waals surface area contributed by atoms with Gasteiger partial charge in [0.2, 0.25) is 5.91 Å². The molecule has 1 saturated carbocycles. The molecule has 0 spiro atoms. The number of hydrogen-bond donors (Lipinski definition) is 1. The summed E-state index contributed by atoms with van der Waals surface area (Å²) in [6.07, 6.45) is 10.3. The molecule has 2 fully saturated rings. The molecule has 0 unspecified atom stereocenters. The third-order valence-electron chi connectivity index (χ3n) is 6.00. The molecule has 1 saturated heterocycles. The van der Waals surface area contributed by atoms with Gasteiger partial charge in [-0.2, -0.15) is 0 Å². The first kappa shape index (κ1) is 17.5. The molecule has 0 bridgehead atoms. The average molecular weight is 355 g/mol. The molecular weight excluding hydrogens is 326 g/mol. The molecule has 4 rings (SSSR count). The van der Waals surface area contributed by atoms with E-state index in [9.17, 15) is 4.79 Å². The Morgan fingerprint density at radius 2 is 2.04 bits per heavy atom. The largest absolute Gasteiger partial charge is 0.368 e. The highest BCUT2D eigenvalue weighted by molar-refractivity contribution is 5.73. The summed E-state index contributed by atoms with van der Waals surface area (Å²) in [7, 11) is 0. The van der Waals surface area contributed by atoms with E-state index in [-0.39, 0.29) is 24.2 Å². The molecule has 5 nitrogen and oxygen atoms in total. The normalized spacial score (nSPS) is 27.5. The number of pyridine rings is 1. The number of fused-ring (bicyclic) bond motifs is 1. The van der Waals surface area contributed by atoms with Gasteiger partial charge in [-0.25, -0.2) is 4.98 Å². The second-order valence-electron chi connectivity index (χ2n) is 7.93. The predicted molar refractivity (Wildman–Crippen MR) is 101 cm³/mol. The van der Waals surface area contributed by atoms with Gasteiger partial charge in [0, 0.05) is 19.2 Å².